The van der Waals surface area contributed by atoms with Crippen LogP contribution >= 0.6 is 0 Å². The minimum absolute atomic E-state index is 0.0648. The van der Waals surface area contributed by atoms with Crippen LogP contribution in [0, 0.1) is 0 Å². The molecule has 0 radical (unpaired) electrons. The Balaban J connectivity index is 2.90. The summed E-state index contributed by atoms with van der Waals surface area (Å²) >= 11 is 0. The first-order valence-electron chi connectivity index (χ1n) is 3.38. The molecule has 0 unspecified atom stereocenters. The summed E-state index contributed by atoms with van der Waals surface area (Å²) in [4.78, 5) is 11.0. The number of nitrogens with one attached hydrogen (secondary N) is 1. The third kappa shape index (κ3) is 1.78. The third-order valence-corrected chi connectivity index (χ3v) is 1.44. The molecule has 3 heteroatoms. The van der Waals surface area contributed by atoms with E-state index in [0.717, 1.165) is 5.69 Å². The van der Waals surface area contributed by atoms with Gasteiger partial charge in [-0.15, -0.1) is 0 Å². The van der Waals surface area contributed by atoms with E-state index in [0.29, 0.717) is 5.56 Å². The van der Waals surface area contributed by atoms with Crippen LogP contribution in [0.2, 0.25) is 0 Å². The minimum atomic E-state index is -0.0648. The van der Waals surface area contributed by atoms with Crippen molar-refractivity contribution in [3.63, 3.8) is 0 Å². The third-order valence-electron chi connectivity index (χ3n) is 1.44. The molecule has 0 aromatic heterocycles. The zero-order valence-corrected chi connectivity index (χ0v) is 6.42. The lowest BCUT2D eigenvalue weighted by Gasteiger charge is -1.97. The summed E-state index contributed by atoms with van der Waals surface area (Å²) in [6, 6.07) is 7.12. The van der Waals surface area contributed by atoms with Gasteiger partial charge in [0, 0.05) is 12.6 Å². The zero-order chi connectivity index (χ0) is 8.27. The second kappa shape index (κ2) is 3.16. The topological polar surface area (TPSA) is 56.7 Å². The zero-order valence-electron chi connectivity index (χ0n) is 6.42. The smallest absolute Gasteiger partial charge is 0.251 e. The lowest BCUT2D eigenvalue weighted by Crippen LogP contribution is -2.40. The largest absolute Gasteiger partial charge is 0.355 e. The highest BCUT2D eigenvalue weighted by molar-refractivity contribution is 5.94. The van der Waals surface area contributed by atoms with Crippen LogP contribution in [-0.4, -0.2) is 13.0 Å². The molecule has 1 rings (SSSR count). The van der Waals surface area contributed by atoms with Gasteiger partial charge in [-0.3, -0.25) is 4.79 Å². The molecule has 0 aliphatic heterocycles. The van der Waals surface area contributed by atoms with Crippen LogP contribution in [-0.2, 0) is 0 Å². The second-order valence-corrected chi connectivity index (χ2v) is 2.28. The summed E-state index contributed by atoms with van der Waals surface area (Å²) in [6.45, 7) is 0. The number of benzene rings is 1. The molecule has 1 aromatic carbocycles. The van der Waals surface area contributed by atoms with Crippen LogP contribution in [0.5, 0.6) is 0 Å². The molecule has 0 saturated carbocycles. The van der Waals surface area contributed by atoms with Crippen molar-refractivity contribution in [2.24, 2.45) is 0 Å². The van der Waals surface area contributed by atoms with Crippen molar-refractivity contribution in [1.29, 1.82) is 0 Å². The van der Waals surface area contributed by atoms with Gasteiger partial charge in [-0.1, -0.05) is 0 Å². The Hall–Kier alpha value is -1.35. The van der Waals surface area contributed by atoms with E-state index >= 15 is 0 Å². The molecule has 0 aliphatic rings. The van der Waals surface area contributed by atoms with E-state index in [1.54, 1.807) is 19.2 Å². The van der Waals surface area contributed by atoms with Crippen molar-refractivity contribution in [2.45, 2.75) is 0 Å². The van der Waals surface area contributed by atoms with Gasteiger partial charge >= 0.3 is 0 Å². The van der Waals surface area contributed by atoms with Crippen LogP contribution in [0.1, 0.15) is 10.4 Å². The standard InChI is InChI=1S/C8H10N2O/c1-10-8(11)6-2-4-7(9)5-3-6/h2-5H,9H2,1H3,(H,10,11)/p+1. The van der Waals surface area contributed by atoms with E-state index in [9.17, 15) is 4.79 Å². The lowest BCUT2D eigenvalue weighted by atomic mass is 10.2. The number of hydrogen-bond acceptors (Lipinski definition) is 1. The highest BCUT2D eigenvalue weighted by atomic mass is 16.1. The monoisotopic (exact) mass is 151 g/mol. The molecule has 3 nitrogen and oxygen atoms in total. The molecule has 1 amide bonds. The molecular weight excluding hydrogens is 140 g/mol. The van der Waals surface area contributed by atoms with Gasteiger partial charge in [0.2, 0.25) is 0 Å². The second-order valence-electron chi connectivity index (χ2n) is 2.28. The molecule has 0 saturated heterocycles. The van der Waals surface area contributed by atoms with Crippen molar-refractivity contribution in [2.75, 3.05) is 7.05 Å². The summed E-state index contributed by atoms with van der Waals surface area (Å²) in [5.41, 5.74) is 5.30. The van der Waals surface area contributed by atoms with Crippen molar-refractivity contribution in [1.82, 2.24) is 5.32 Å². The molecule has 58 valence electrons. The van der Waals surface area contributed by atoms with E-state index in [-0.39, 0.29) is 5.91 Å². The van der Waals surface area contributed by atoms with Crippen LogP contribution in [0.15, 0.2) is 24.3 Å². The maximum Gasteiger partial charge on any atom is 0.251 e. The number of quaternary nitrogens is 1. The van der Waals surface area contributed by atoms with Crippen molar-refractivity contribution >= 4 is 11.6 Å². The fourth-order valence-electron chi connectivity index (χ4n) is 0.800. The van der Waals surface area contributed by atoms with Gasteiger partial charge in [0.15, 0.2) is 0 Å². The minimum Gasteiger partial charge on any atom is -0.355 e. The van der Waals surface area contributed by atoms with Gasteiger partial charge in [0.05, 0.1) is 0 Å². The van der Waals surface area contributed by atoms with Crippen LogP contribution in [0.3, 0.4) is 0 Å². The number of hydrogen-bond donors (Lipinski definition) is 2. The fourth-order valence-corrected chi connectivity index (χ4v) is 0.800. The molecule has 0 fully saturated rings. The van der Waals surface area contributed by atoms with E-state index in [2.05, 4.69) is 11.1 Å². The van der Waals surface area contributed by atoms with E-state index in [1.165, 1.54) is 0 Å². The predicted molar refractivity (Wildman–Crippen MR) is 42.4 cm³/mol. The Labute approximate surface area is 65.2 Å². The molecule has 0 bridgehead atoms. The molecular formula is C8H11N2O+. The first-order valence-corrected chi connectivity index (χ1v) is 3.38. The normalized spacial score (nSPS) is 9.27. The fraction of sp³-hybridized carbons (Fsp3) is 0.125. The van der Waals surface area contributed by atoms with E-state index in [4.69, 9.17) is 0 Å². The maximum atomic E-state index is 11.0. The number of amides is 1. The molecule has 4 N–H and O–H groups in total. The molecule has 1 aromatic rings. The average molecular weight is 151 g/mol. The Morgan fingerprint density at radius 1 is 1.36 bits per heavy atom. The van der Waals surface area contributed by atoms with Crippen LogP contribution < -0.4 is 11.1 Å². The van der Waals surface area contributed by atoms with Crippen LogP contribution in [0.25, 0.3) is 0 Å². The highest BCUT2D eigenvalue weighted by Gasteiger charge is 2.00. The Bertz CT molecular complexity index is 253. The Morgan fingerprint density at radius 2 is 1.91 bits per heavy atom. The van der Waals surface area contributed by atoms with Gasteiger partial charge in [0.1, 0.15) is 5.69 Å². The molecule has 0 heterocycles. The summed E-state index contributed by atoms with van der Waals surface area (Å²) < 4.78 is 0. The molecule has 11 heavy (non-hydrogen) atoms. The van der Waals surface area contributed by atoms with E-state index < -0.39 is 0 Å². The van der Waals surface area contributed by atoms with Gasteiger partial charge in [-0.05, 0) is 24.3 Å². The summed E-state index contributed by atoms with van der Waals surface area (Å²) in [5, 5.41) is 2.54. The Kier molecular flexibility index (Phi) is 2.23. The summed E-state index contributed by atoms with van der Waals surface area (Å²) in [6.07, 6.45) is 0. The SMILES string of the molecule is CNC(=O)c1ccc([NH3+])cc1. The van der Waals surface area contributed by atoms with E-state index in [1.807, 2.05) is 12.1 Å². The number of carbonyl (C=O) groups is 1. The maximum absolute atomic E-state index is 11.0. The molecule has 0 atom stereocenters. The van der Waals surface area contributed by atoms with Crippen molar-refractivity contribution in [3.05, 3.63) is 29.8 Å². The first kappa shape index (κ1) is 7.75. The average Bonchev–Trinajstić information content (AvgIpc) is 2.05. The highest BCUT2D eigenvalue weighted by Crippen LogP contribution is 2.02. The lowest BCUT2D eigenvalue weighted by molar-refractivity contribution is -0.254. The first-order chi connectivity index (χ1) is 5.24. The van der Waals surface area contributed by atoms with Crippen molar-refractivity contribution < 1.29 is 10.5 Å². The van der Waals surface area contributed by atoms with Gasteiger partial charge in [0.25, 0.3) is 5.91 Å². The van der Waals surface area contributed by atoms with Gasteiger partial charge in [-0.2, -0.15) is 0 Å². The summed E-state index contributed by atoms with van der Waals surface area (Å²) in [7, 11) is 1.61. The molecule has 0 aliphatic carbocycles. The summed E-state index contributed by atoms with van der Waals surface area (Å²) in [5.74, 6) is -0.0648. The predicted octanol–water partition coefficient (Wildman–Crippen LogP) is -0.0804. The number of carbonyl (C=O) groups excluding carboxylic acids is 1. The molecule has 0 spiro atoms. The van der Waals surface area contributed by atoms with Crippen molar-refractivity contribution in [3.8, 4) is 0 Å². The van der Waals surface area contributed by atoms with Gasteiger partial charge < -0.3 is 11.1 Å². The van der Waals surface area contributed by atoms with Crippen LogP contribution in [0.4, 0.5) is 5.69 Å². The van der Waals surface area contributed by atoms with Gasteiger partial charge in [-0.25, -0.2) is 0 Å². The quantitative estimate of drug-likeness (QED) is 0.579. The number of rotatable bonds is 1. The Morgan fingerprint density at radius 3 is 2.36 bits per heavy atom.